The van der Waals surface area contributed by atoms with Crippen LogP contribution in [-0.2, 0) is 6.42 Å². The molecule has 2 fully saturated rings. The van der Waals surface area contributed by atoms with E-state index in [0.717, 1.165) is 17.9 Å². The summed E-state index contributed by atoms with van der Waals surface area (Å²) >= 11 is 0. The van der Waals surface area contributed by atoms with Crippen LogP contribution in [0, 0.1) is 18.8 Å². The minimum Gasteiger partial charge on any atom is -0.314 e. The Kier molecular flexibility index (Phi) is 4.77. The van der Waals surface area contributed by atoms with E-state index >= 15 is 0 Å². The summed E-state index contributed by atoms with van der Waals surface area (Å²) < 4.78 is 0. The summed E-state index contributed by atoms with van der Waals surface area (Å²) in [6.07, 6.45) is 11.4. The van der Waals surface area contributed by atoms with E-state index in [0.29, 0.717) is 0 Å². The molecule has 3 rings (SSSR count). The van der Waals surface area contributed by atoms with Crippen LogP contribution in [-0.4, -0.2) is 12.6 Å². The molecule has 0 spiro atoms. The molecule has 1 aromatic carbocycles. The third-order valence-electron chi connectivity index (χ3n) is 5.31. The predicted octanol–water partition coefficient (Wildman–Crippen LogP) is 4.49. The zero-order valence-corrected chi connectivity index (χ0v) is 12.9. The molecule has 2 aliphatic rings. The summed E-state index contributed by atoms with van der Waals surface area (Å²) in [4.78, 5) is 0. The number of aryl methyl sites for hydroxylation is 1. The molecule has 2 saturated carbocycles. The summed E-state index contributed by atoms with van der Waals surface area (Å²) in [6, 6.07) is 9.81. The van der Waals surface area contributed by atoms with Gasteiger partial charge in [0.15, 0.2) is 0 Å². The van der Waals surface area contributed by atoms with Gasteiger partial charge in [-0.2, -0.15) is 0 Å². The Morgan fingerprint density at radius 3 is 2.50 bits per heavy atom. The zero-order valence-electron chi connectivity index (χ0n) is 12.9. The molecule has 0 saturated heterocycles. The summed E-state index contributed by atoms with van der Waals surface area (Å²) in [5.74, 6) is 1.80. The molecule has 110 valence electrons. The number of nitrogens with one attached hydrogen (secondary N) is 1. The lowest BCUT2D eigenvalue weighted by Gasteiger charge is -2.31. The molecule has 0 aromatic heterocycles. The quantitative estimate of drug-likeness (QED) is 0.804. The van der Waals surface area contributed by atoms with Gasteiger partial charge in [-0.15, -0.1) is 0 Å². The lowest BCUT2D eigenvalue weighted by atomic mass is 9.77. The third-order valence-corrected chi connectivity index (χ3v) is 5.31. The third kappa shape index (κ3) is 3.85. The maximum absolute atomic E-state index is 3.79. The predicted molar refractivity (Wildman–Crippen MR) is 86.0 cm³/mol. The summed E-state index contributed by atoms with van der Waals surface area (Å²) in [7, 11) is 0. The molecule has 1 heteroatoms. The molecule has 1 atom stereocenters. The van der Waals surface area contributed by atoms with Crippen LogP contribution in [0.15, 0.2) is 24.3 Å². The maximum Gasteiger partial charge on any atom is 0.00683 e. The van der Waals surface area contributed by atoms with Crippen molar-refractivity contribution < 1.29 is 0 Å². The van der Waals surface area contributed by atoms with Crippen LogP contribution in [0.5, 0.6) is 0 Å². The molecular weight excluding hydrogens is 242 g/mol. The number of hydrogen-bond donors (Lipinski definition) is 1. The standard InChI is InChI=1S/C19H29N/c1-15-7-5-6-10-17(15)13-18(14-20-19-11-12-19)16-8-3-2-4-9-16/h5-7,10,16,18-20H,2-4,8-9,11-14H2,1H3. The Balaban J connectivity index is 1.65. The Morgan fingerprint density at radius 2 is 1.80 bits per heavy atom. The fraction of sp³-hybridized carbons (Fsp3) is 0.684. The first-order chi connectivity index (χ1) is 9.83. The van der Waals surface area contributed by atoms with E-state index in [2.05, 4.69) is 36.5 Å². The molecule has 20 heavy (non-hydrogen) atoms. The minimum absolute atomic E-state index is 0.844. The van der Waals surface area contributed by atoms with Crippen LogP contribution in [0.2, 0.25) is 0 Å². The summed E-state index contributed by atoms with van der Waals surface area (Å²) in [6.45, 7) is 3.51. The van der Waals surface area contributed by atoms with Crippen molar-refractivity contribution in [2.45, 2.75) is 64.3 Å². The van der Waals surface area contributed by atoms with E-state index < -0.39 is 0 Å². The SMILES string of the molecule is Cc1ccccc1CC(CNC1CC1)C1CCCCC1. The largest absolute Gasteiger partial charge is 0.314 e. The molecule has 0 bridgehead atoms. The molecule has 2 aliphatic carbocycles. The highest BCUT2D eigenvalue weighted by Gasteiger charge is 2.27. The van der Waals surface area contributed by atoms with Crippen LogP contribution < -0.4 is 5.32 Å². The topological polar surface area (TPSA) is 12.0 Å². The van der Waals surface area contributed by atoms with Crippen molar-refractivity contribution in [1.82, 2.24) is 5.32 Å². The lowest BCUT2D eigenvalue weighted by molar-refractivity contribution is 0.239. The summed E-state index contributed by atoms with van der Waals surface area (Å²) in [5, 5.41) is 3.79. The van der Waals surface area contributed by atoms with E-state index in [1.807, 2.05) is 0 Å². The van der Waals surface area contributed by atoms with Gasteiger partial charge < -0.3 is 5.32 Å². The van der Waals surface area contributed by atoms with E-state index in [9.17, 15) is 0 Å². The molecule has 0 amide bonds. The van der Waals surface area contributed by atoms with Crippen LogP contribution >= 0.6 is 0 Å². The average Bonchev–Trinajstić information content (AvgIpc) is 3.30. The smallest absolute Gasteiger partial charge is 0.00683 e. The second-order valence-electron chi connectivity index (χ2n) is 6.97. The van der Waals surface area contributed by atoms with Crippen molar-refractivity contribution in [1.29, 1.82) is 0 Å². The van der Waals surface area contributed by atoms with E-state index in [1.165, 1.54) is 63.5 Å². The van der Waals surface area contributed by atoms with Crippen LogP contribution in [0.4, 0.5) is 0 Å². The number of benzene rings is 1. The molecule has 1 nitrogen and oxygen atoms in total. The summed E-state index contributed by atoms with van der Waals surface area (Å²) in [5.41, 5.74) is 3.04. The zero-order chi connectivity index (χ0) is 13.8. The first-order valence-electron chi connectivity index (χ1n) is 8.61. The molecule has 1 unspecified atom stereocenters. The molecule has 0 heterocycles. The Morgan fingerprint density at radius 1 is 1.05 bits per heavy atom. The van der Waals surface area contributed by atoms with Crippen molar-refractivity contribution >= 4 is 0 Å². The molecule has 0 radical (unpaired) electrons. The average molecular weight is 271 g/mol. The van der Waals surface area contributed by atoms with Gasteiger partial charge in [0.05, 0.1) is 0 Å². The van der Waals surface area contributed by atoms with Crippen LogP contribution in [0.25, 0.3) is 0 Å². The van der Waals surface area contributed by atoms with Gasteiger partial charge in [-0.05, 0) is 55.7 Å². The highest BCUT2D eigenvalue weighted by Crippen LogP contribution is 2.33. The van der Waals surface area contributed by atoms with Gasteiger partial charge in [-0.25, -0.2) is 0 Å². The fourth-order valence-corrected chi connectivity index (χ4v) is 3.74. The van der Waals surface area contributed by atoms with Crippen molar-refractivity contribution in [3.05, 3.63) is 35.4 Å². The van der Waals surface area contributed by atoms with Crippen LogP contribution in [0.3, 0.4) is 0 Å². The highest BCUT2D eigenvalue weighted by atomic mass is 14.9. The van der Waals surface area contributed by atoms with E-state index in [-0.39, 0.29) is 0 Å². The fourth-order valence-electron chi connectivity index (χ4n) is 3.74. The maximum atomic E-state index is 3.79. The van der Waals surface area contributed by atoms with Crippen LogP contribution in [0.1, 0.15) is 56.1 Å². The molecule has 1 N–H and O–H groups in total. The second-order valence-corrected chi connectivity index (χ2v) is 6.97. The number of rotatable bonds is 6. The van der Waals surface area contributed by atoms with Gasteiger partial charge in [0.1, 0.15) is 0 Å². The number of hydrogen-bond acceptors (Lipinski definition) is 1. The van der Waals surface area contributed by atoms with E-state index in [1.54, 1.807) is 5.56 Å². The van der Waals surface area contributed by atoms with Gasteiger partial charge in [-0.1, -0.05) is 56.4 Å². The molecular formula is C19H29N. The van der Waals surface area contributed by atoms with Gasteiger partial charge in [0.25, 0.3) is 0 Å². The molecule has 1 aromatic rings. The highest BCUT2D eigenvalue weighted by molar-refractivity contribution is 5.26. The van der Waals surface area contributed by atoms with Gasteiger partial charge >= 0.3 is 0 Å². The van der Waals surface area contributed by atoms with Crippen molar-refractivity contribution in [3.63, 3.8) is 0 Å². The van der Waals surface area contributed by atoms with Gasteiger partial charge in [-0.3, -0.25) is 0 Å². The molecule has 0 aliphatic heterocycles. The van der Waals surface area contributed by atoms with Crippen molar-refractivity contribution in [2.75, 3.05) is 6.54 Å². The first-order valence-corrected chi connectivity index (χ1v) is 8.61. The Hall–Kier alpha value is -0.820. The lowest BCUT2D eigenvalue weighted by Crippen LogP contribution is -2.32. The normalized spacial score (nSPS) is 21.9. The van der Waals surface area contributed by atoms with Gasteiger partial charge in [0, 0.05) is 6.04 Å². The van der Waals surface area contributed by atoms with Gasteiger partial charge in [0.2, 0.25) is 0 Å². The van der Waals surface area contributed by atoms with E-state index in [4.69, 9.17) is 0 Å². The monoisotopic (exact) mass is 271 g/mol. The second kappa shape index (κ2) is 6.76. The van der Waals surface area contributed by atoms with Crippen molar-refractivity contribution in [3.8, 4) is 0 Å². The Bertz CT molecular complexity index is 416. The Labute approximate surface area is 124 Å². The minimum atomic E-state index is 0.844. The first kappa shape index (κ1) is 14.1. The van der Waals surface area contributed by atoms with Crippen molar-refractivity contribution in [2.24, 2.45) is 11.8 Å².